The molecule has 0 unspecified atom stereocenters. The number of hydrogen-bond acceptors (Lipinski definition) is 3. The summed E-state index contributed by atoms with van der Waals surface area (Å²) in [5.41, 5.74) is 0.655. The van der Waals surface area contributed by atoms with Gasteiger partial charge in [0.25, 0.3) is 0 Å². The molecule has 0 fully saturated rings. The summed E-state index contributed by atoms with van der Waals surface area (Å²) in [5.74, 6) is 0.00641. The van der Waals surface area contributed by atoms with Crippen LogP contribution < -0.4 is 5.32 Å². The lowest BCUT2D eigenvalue weighted by molar-refractivity contribution is -0.128. The van der Waals surface area contributed by atoms with Crippen molar-refractivity contribution in [1.82, 2.24) is 10.2 Å². The Morgan fingerprint density at radius 3 is 2.39 bits per heavy atom. The van der Waals surface area contributed by atoms with Gasteiger partial charge < -0.3 is 15.0 Å². The Morgan fingerprint density at radius 1 is 1.17 bits per heavy atom. The van der Waals surface area contributed by atoms with Gasteiger partial charge in [-0.1, -0.05) is 46.3 Å². The number of carbonyl (C=O) groups excluding carboxylic acids is 2. The van der Waals surface area contributed by atoms with Gasteiger partial charge in [0.05, 0.1) is 5.33 Å². The van der Waals surface area contributed by atoms with Crippen molar-refractivity contribution in [2.75, 3.05) is 25.0 Å². The predicted molar refractivity (Wildman–Crippen MR) is 94.8 cm³/mol. The van der Waals surface area contributed by atoms with Gasteiger partial charge in [-0.15, -0.1) is 0 Å². The fourth-order valence-electron chi connectivity index (χ4n) is 1.96. The quantitative estimate of drug-likeness (QED) is 0.735. The molecule has 23 heavy (non-hydrogen) atoms. The van der Waals surface area contributed by atoms with Crippen LogP contribution in [0.4, 0.5) is 4.79 Å². The number of carbonyl (C=O) groups is 2. The third-order valence-electron chi connectivity index (χ3n) is 3.03. The number of alkyl carbamates (subject to hydrolysis) is 1. The summed E-state index contributed by atoms with van der Waals surface area (Å²) in [6.07, 6.45) is 0.318. The average Bonchev–Trinajstić information content (AvgIpc) is 2.49. The molecule has 1 N–H and O–H groups in total. The molecule has 1 aromatic rings. The van der Waals surface area contributed by atoms with Crippen LogP contribution in [0.25, 0.3) is 0 Å². The summed E-state index contributed by atoms with van der Waals surface area (Å²) in [6.45, 7) is 6.87. The van der Waals surface area contributed by atoms with E-state index in [2.05, 4.69) is 21.2 Å². The number of hydrogen-bond donors (Lipinski definition) is 1. The number of benzene rings is 1. The van der Waals surface area contributed by atoms with Crippen LogP contribution in [0.1, 0.15) is 26.3 Å². The van der Waals surface area contributed by atoms with Crippen LogP contribution in [0.5, 0.6) is 0 Å². The van der Waals surface area contributed by atoms with E-state index in [9.17, 15) is 9.59 Å². The molecule has 0 atom stereocenters. The van der Waals surface area contributed by atoms with Crippen molar-refractivity contribution < 1.29 is 14.3 Å². The number of nitrogens with one attached hydrogen (secondary N) is 1. The van der Waals surface area contributed by atoms with Gasteiger partial charge in [0.2, 0.25) is 5.91 Å². The first-order chi connectivity index (χ1) is 10.8. The third-order valence-corrected chi connectivity index (χ3v) is 3.51. The highest BCUT2D eigenvalue weighted by molar-refractivity contribution is 9.09. The zero-order valence-corrected chi connectivity index (χ0v) is 15.6. The van der Waals surface area contributed by atoms with Crippen LogP contribution in [0, 0.1) is 0 Å². The van der Waals surface area contributed by atoms with Crippen molar-refractivity contribution in [2.24, 2.45) is 0 Å². The van der Waals surface area contributed by atoms with Crippen LogP contribution in [0.3, 0.4) is 0 Å². The van der Waals surface area contributed by atoms with Gasteiger partial charge in [0.15, 0.2) is 0 Å². The molecule has 0 heterocycles. The molecule has 5 nitrogen and oxygen atoms in total. The molecule has 0 aliphatic carbocycles. The highest BCUT2D eigenvalue weighted by Crippen LogP contribution is 2.06. The molecule has 1 rings (SSSR count). The van der Waals surface area contributed by atoms with Crippen molar-refractivity contribution in [3.63, 3.8) is 0 Å². The molecule has 2 amide bonds. The Labute approximate surface area is 146 Å². The molecule has 0 radical (unpaired) electrons. The van der Waals surface area contributed by atoms with Crippen molar-refractivity contribution in [3.05, 3.63) is 35.9 Å². The normalized spacial score (nSPS) is 11.0. The summed E-state index contributed by atoms with van der Waals surface area (Å²) in [5, 5.41) is 2.95. The van der Waals surface area contributed by atoms with Crippen LogP contribution >= 0.6 is 15.9 Å². The van der Waals surface area contributed by atoms with E-state index >= 15 is 0 Å². The largest absolute Gasteiger partial charge is 0.444 e. The van der Waals surface area contributed by atoms with Crippen LogP contribution in [-0.2, 0) is 16.0 Å². The first kappa shape index (κ1) is 19.5. The second-order valence-corrected chi connectivity index (χ2v) is 6.74. The van der Waals surface area contributed by atoms with Crippen molar-refractivity contribution in [3.8, 4) is 0 Å². The van der Waals surface area contributed by atoms with Gasteiger partial charge in [-0.05, 0) is 32.8 Å². The summed E-state index contributed by atoms with van der Waals surface area (Å²) >= 11 is 3.20. The molecular formula is C17H25BrN2O3. The zero-order valence-electron chi connectivity index (χ0n) is 14.0. The number of rotatable bonds is 7. The smallest absolute Gasteiger partial charge is 0.407 e. The molecule has 6 heteroatoms. The summed E-state index contributed by atoms with van der Waals surface area (Å²) in [4.78, 5) is 25.3. The van der Waals surface area contributed by atoms with Crippen molar-refractivity contribution in [2.45, 2.75) is 32.8 Å². The van der Waals surface area contributed by atoms with Gasteiger partial charge in [-0.25, -0.2) is 4.79 Å². The maximum Gasteiger partial charge on any atom is 0.407 e. The van der Waals surface area contributed by atoms with E-state index in [-0.39, 0.29) is 11.2 Å². The van der Waals surface area contributed by atoms with E-state index in [4.69, 9.17) is 4.74 Å². The van der Waals surface area contributed by atoms with Crippen molar-refractivity contribution in [1.29, 1.82) is 0 Å². The van der Waals surface area contributed by atoms with E-state index in [0.29, 0.717) is 19.6 Å². The van der Waals surface area contributed by atoms with E-state index in [1.807, 2.05) is 51.1 Å². The highest BCUT2D eigenvalue weighted by atomic mass is 79.9. The van der Waals surface area contributed by atoms with Gasteiger partial charge >= 0.3 is 6.09 Å². The molecule has 0 saturated heterocycles. The van der Waals surface area contributed by atoms with Crippen LogP contribution in [0.15, 0.2) is 30.3 Å². The second-order valence-electron chi connectivity index (χ2n) is 6.18. The molecule has 0 saturated carbocycles. The summed E-state index contributed by atoms with van der Waals surface area (Å²) in [6, 6.07) is 10.0. The Bertz CT molecular complexity index is 500. The molecular weight excluding hydrogens is 360 g/mol. The molecule has 0 aliphatic heterocycles. The summed E-state index contributed by atoms with van der Waals surface area (Å²) in [7, 11) is 0. The number of alkyl halides is 1. The Morgan fingerprint density at radius 2 is 1.83 bits per heavy atom. The fraction of sp³-hybridized carbons (Fsp3) is 0.529. The molecule has 128 valence electrons. The average molecular weight is 385 g/mol. The van der Waals surface area contributed by atoms with Crippen LogP contribution in [0.2, 0.25) is 0 Å². The highest BCUT2D eigenvalue weighted by Gasteiger charge is 2.17. The molecule has 1 aromatic carbocycles. The topological polar surface area (TPSA) is 58.6 Å². The predicted octanol–water partition coefficient (Wildman–Crippen LogP) is 2.98. The van der Waals surface area contributed by atoms with E-state index in [0.717, 1.165) is 6.42 Å². The maximum atomic E-state index is 12.0. The van der Waals surface area contributed by atoms with Gasteiger partial charge in [0, 0.05) is 19.6 Å². The molecule has 0 bridgehead atoms. The van der Waals surface area contributed by atoms with E-state index < -0.39 is 11.7 Å². The fourth-order valence-corrected chi connectivity index (χ4v) is 2.32. The lowest BCUT2D eigenvalue weighted by atomic mass is 10.1. The minimum absolute atomic E-state index is 0.00641. The molecule has 0 aliphatic rings. The number of halogens is 1. The minimum atomic E-state index is -0.525. The van der Waals surface area contributed by atoms with Gasteiger partial charge in [-0.2, -0.15) is 0 Å². The first-order valence-electron chi connectivity index (χ1n) is 7.66. The lowest BCUT2D eigenvalue weighted by Gasteiger charge is -2.23. The monoisotopic (exact) mass is 384 g/mol. The first-order valence-corrected chi connectivity index (χ1v) is 8.78. The van der Waals surface area contributed by atoms with Gasteiger partial charge in [0.1, 0.15) is 5.60 Å². The zero-order chi connectivity index (χ0) is 17.3. The maximum absolute atomic E-state index is 12.0. The molecule has 0 spiro atoms. The Hall–Kier alpha value is -1.56. The second kappa shape index (κ2) is 9.55. The minimum Gasteiger partial charge on any atom is -0.444 e. The summed E-state index contributed by atoms with van der Waals surface area (Å²) < 4.78 is 5.17. The van der Waals surface area contributed by atoms with E-state index in [1.54, 1.807) is 4.90 Å². The number of nitrogens with zero attached hydrogens (tertiary/aromatic N) is 1. The lowest BCUT2D eigenvalue weighted by Crippen LogP contribution is -2.41. The standard InChI is InChI=1S/C17H25BrN2O3/c1-17(2,3)23-16(22)19-10-12-20(15(21)13-18)11-9-14-7-5-4-6-8-14/h4-8H,9-13H2,1-3H3,(H,19,22). The number of ether oxygens (including phenoxy) is 1. The van der Waals surface area contributed by atoms with Gasteiger partial charge in [-0.3, -0.25) is 4.79 Å². The van der Waals surface area contributed by atoms with Crippen molar-refractivity contribution >= 4 is 27.9 Å². The van der Waals surface area contributed by atoms with E-state index in [1.165, 1.54) is 5.56 Å². The third kappa shape index (κ3) is 8.59. The van der Waals surface area contributed by atoms with Crippen LogP contribution in [-0.4, -0.2) is 47.5 Å². The Kier molecular flexibility index (Phi) is 8.09. The molecule has 0 aromatic heterocycles. The SMILES string of the molecule is CC(C)(C)OC(=O)NCCN(CCc1ccccc1)C(=O)CBr. The number of amides is 2. The Balaban J connectivity index is 2.43.